The maximum Gasteiger partial charge on any atom is 0.325 e. The van der Waals surface area contributed by atoms with Gasteiger partial charge in [-0.15, -0.1) is 0 Å². The number of carbonyl (C=O) groups excluding carboxylic acids is 2. The molecule has 0 saturated carbocycles. The minimum absolute atomic E-state index is 0.00783. The van der Waals surface area contributed by atoms with E-state index < -0.39 is 18.3 Å². The van der Waals surface area contributed by atoms with Crippen LogP contribution in [-0.4, -0.2) is 52.1 Å². The van der Waals surface area contributed by atoms with Crippen molar-refractivity contribution in [3.63, 3.8) is 0 Å². The van der Waals surface area contributed by atoms with Crippen molar-refractivity contribution in [3.8, 4) is 11.1 Å². The van der Waals surface area contributed by atoms with E-state index in [0.29, 0.717) is 23.9 Å². The first-order valence-corrected chi connectivity index (χ1v) is 15.8. The second-order valence-electron chi connectivity index (χ2n) is 10.4. The van der Waals surface area contributed by atoms with Gasteiger partial charge in [-0.05, 0) is 46.9 Å². The Labute approximate surface area is 266 Å². The molecule has 1 aliphatic heterocycles. The van der Waals surface area contributed by atoms with Crippen LogP contribution in [0.25, 0.3) is 11.1 Å². The molecular formula is C34H36N4O6S. The van der Waals surface area contributed by atoms with Crippen LogP contribution in [0.3, 0.4) is 0 Å². The highest BCUT2D eigenvalue weighted by molar-refractivity contribution is 7.99. The van der Waals surface area contributed by atoms with Crippen LogP contribution in [0.2, 0.25) is 0 Å². The summed E-state index contributed by atoms with van der Waals surface area (Å²) in [6.07, 6.45) is 3.28. The van der Waals surface area contributed by atoms with E-state index in [1.807, 2.05) is 72.8 Å². The molecule has 1 fully saturated rings. The largest absolute Gasteiger partial charge is 0.465 e. The summed E-state index contributed by atoms with van der Waals surface area (Å²) in [6.45, 7) is 2.09. The Kier molecular flexibility index (Phi) is 11.5. The number of aliphatic hydroxyl groups excluding tert-OH is 1. The van der Waals surface area contributed by atoms with E-state index in [0.717, 1.165) is 33.4 Å². The number of esters is 1. The molecule has 3 aromatic carbocycles. The molecule has 0 radical (unpaired) electrons. The number of hydrogen-bond donors (Lipinski definition) is 3. The van der Waals surface area contributed by atoms with Crippen LogP contribution in [0.5, 0.6) is 0 Å². The third-order valence-electron chi connectivity index (χ3n) is 7.15. The fraction of sp³-hybridized carbons (Fsp3) is 0.294. The first kappa shape index (κ1) is 32.1. The fourth-order valence-corrected chi connectivity index (χ4v) is 5.67. The van der Waals surface area contributed by atoms with E-state index in [1.165, 1.54) is 0 Å². The van der Waals surface area contributed by atoms with Gasteiger partial charge >= 0.3 is 12.0 Å². The number of amides is 2. The smallest absolute Gasteiger partial charge is 0.325 e. The highest BCUT2D eigenvalue weighted by atomic mass is 32.2. The summed E-state index contributed by atoms with van der Waals surface area (Å²) in [5.41, 5.74) is 5.70. The van der Waals surface area contributed by atoms with Crippen molar-refractivity contribution >= 4 is 23.8 Å². The summed E-state index contributed by atoms with van der Waals surface area (Å²) in [5.74, 6) is 0.194. The van der Waals surface area contributed by atoms with Crippen molar-refractivity contribution in [1.82, 2.24) is 20.6 Å². The van der Waals surface area contributed by atoms with Gasteiger partial charge in [-0.25, -0.2) is 14.8 Å². The maximum atomic E-state index is 12.1. The Balaban J connectivity index is 1.25. The average molecular weight is 629 g/mol. The summed E-state index contributed by atoms with van der Waals surface area (Å²) in [6, 6.07) is 25.2. The average Bonchev–Trinajstić information content (AvgIpc) is 3.09. The Morgan fingerprint density at radius 3 is 2.40 bits per heavy atom. The van der Waals surface area contributed by atoms with Gasteiger partial charge in [0.25, 0.3) is 0 Å². The molecule has 45 heavy (non-hydrogen) atoms. The van der Waals surface area contributed by atoms with Crippen molar-refractivity contribution in [2.75, 3.05) is 18.9 Å². The highest BCUT2D eigenvalue weighted by Crippen LogP contribution is 2.39. The number of urea groups is 1. The maximum absolute atomic E-state index is 12.1. The van der Waals surface area contributed by atoms with E-state index >= 15 is 0 Å². The number of thioether (sulfide) groups is 1. The minimum Gasteiger partial charge on any atom is -0.465 e. The number of aliphatic hydroxyl groups is 1. The van der Waals surface area contributed by atoms with Crippen molar-refractivity contribution in [2.24, 2.45) is 0 Å². The lowest BCUT2D eigenvalue weighted by molar-refractivity contribution is -0.245. The van der Waals surface area contributed by atoms with Crippen molar-refractivity contribution < 1.29 is 28.9 Å². The van der Waals surface area contributed by atoms with Gasteiger partial charge in [0, 0.05) is 36.7 Å². The Morgan fingerprint density at radius 2 is 1.67 bits per heavy atom. The first-order valence-electron chi connectivity index (χ1n) is 14.8. The van der Waals surface area contributed by atoms with E-state index in [4.69, 9.17) is 14.2 Å². The quantitative estimate of drug-likeness (QED) is 0.108. The van der Waals surface area contributed by atoms with Crippen molar-refractivity contribution in [3.05, 3.63) is 114 Å². The molecule has 1 saturated heterocycles. The van der Waals surface area contributed by atoms with E-state index in [-0.39, 0.29) is 32.0 Å². The molecule has 1 aliphatic rings. The number of rotatable bonds is 12. The minimum atomic E-state index is -0.568. The Bertz CT molecular complexity index is 1540. The molecule has 3 atom stereocenters. The molecule has 1 aromatic heterocycles. The molecule has 3 N–H and O–H groups in total. The number of benzene rings is 3. The lowest BCUT2D eigenvalue weighted by Crippen LogP contribution is -2.38. The molecule has 11 heteroatoms. The fourth-order valence-electron chi connectivity index (χ4n) is 4.85. The van der Waals surface area contributed by atoms with Gasteiger partial charge < -0.3 is 30.0 Å². The molecule has 3 unspecified atom stereocenters. The molecule has 2 heterocycles. The van der Waals surface area contributed by atoms with E-state index in [1.54, 1.807) is 37.1 Å². The molecule has 234 valence electrons. The zero-order valence-corrected chi connectivity index (χ0v) is 25.7. The molecule has 4 aromatic rings. The summed E-state index contributed by atoms with van der Waals surface area (Å²) < 4.78 is 17.7. The SMILES string of the molecule is CCOC(=O)CNC(=O)NCc1cccc(-c2ccc(C3OC(CSc4ncccn4)CC(c4ccc(CO)cc4)O3)cc2)c1. The molecule has 0 bridgehead atoms. The van der Waals surface area contributed by atoms with Crippen LogP contribution in [0.15, 0.2) is 96.4 Å². The van der Waals surface area contributed by atoms with Gasteiger partial charge in [0.2, 0.25) is 0 Å². The summed E-state index contributed by atoms with van der Waals surface area (Å²) in [7, 11) is 0. The second-order valence-corrected chi connectivity index (χ2v) is 11.3. The molecule has 5 rings (SSSR count). The number of carbonyl (C=O) groups is 2. The monoisotopic (exact) mass is 628 g/mol. The predicted octanol–water partition coefficient (Wildman–Crippen LogP) is 5.34. The third-order valence-corrected chi connectivity index (χ3v) is 8.16. The predicted molar refractivity (Wildman–Crippen MR) is 170 cm³/mol. The Morgan fingerprint density at radius 1 is 0.911 bits per heavy atom. The Hall–Kier alpha value is -4.29. The zero-order chi connectivity index (χ0) is 31.4. The zero-order valence-electron chi connectivity index (χ0n) is 24.9. The summed E-state index contributed by atoms with van der Waals surface area (Å²) in [4.78, 5) is 32.2. The number of nitrogens with zero attached hydrogens (tertiary/aromatic N) is 2. The molecule has 0 spiro atoms. The van der Waals surface area contributed by atoms with Crippen molar-refractivity contribution in [1.29, 1.82) is 0 Å². The molecule has 0 aliphatic carbocycles. The highest BCUT2D eigenvalue weighted by Gasteiger charge is 2.32. The van der Waals surface area contributed by atoms with Crippen molar-refractivity contribution in [2.45, 2.75) is 50.2 Å². The normalized spacial score (nSPS) is 17.8. The van der Waals surface area contributed by atoms with E-state index in [9.17, 15) is 14.7 Å². The van der Waals surface area contributed by atoms with Gasteiger partial charge in [-0.2, -0.15) is 0 Å². The molecular weight excluding hydrogens is 592 g/mol. The van der Waals surface area contributed by atoms with Crippen LogP contribution in [0.4, 0.5) is 4.79 Å². The number of nitrogens with one attached hydrogen (secondary N) is 2. The van der Waals surface area contributed by atoms with E-state index in [2.05, 4.69) is 20.6 Å². The summed E-state index contributed by atoms with van der Waals surface area (Å²) >= 11 is 1.55. The van der Waals surface area contributed by atoms with Crippen LogP contribution in [0.1, 0.15) is 48.0 Å². The molecule has 2 amide bonds. The number of aromatic nitrogens is 2. The van der Waals surface area contributed by atoms with Gasteiger partial charge in [0.15, 0.2) is 11.4 Å². The lowest BCUT2D eigenvalue weighted by atomic mass is 9.99. The number of ether oxygens (including phenoxy) is 3. The summed E-state index contributed by atoms with van der Waals surface area (Å²) in [5, 5.41) is 15.4. The van der Waals surface area contributed by atoms with Gasteiger partial charge in [-0.3, -0.25) is 4.79 Å². The molecule has 10 nitrogen and oxygen atoms in total. The van der Waals surface area contributed by atoms with Crippen LogP contribution < -0.4 is 10.6 Å². The topological polar surface area (TPSA) is 132 Å². The van der Waals surface area contributed by atoms with Gasteiger partial charge in [0.1, 0.15) is 6.54 Å². The van der Waals surface area contributed by atoms with Crippen LogP contribution in [0, 0.1) is 0 Å². The van der Waals surface area contributed by atoms with Crippen LogP contribution >= 0.6 is 11.8 Å². The third kappa shape index (κ3) is 9.35. The second kappa shape index (κ2) is 16.1. The lowest BCUT2D eigenvalue weighted by Gasteiger charge is -2.36. The first-order chi connectivity index (χ1) is 22.0. The van der Waals surface area contributed by atoms with Crippen LogP contribution in [-0.2, 0) is 32.2 Å². The number of hydrogen-bond acceptors (Lipinski definition) is 9. The standard InChI is InChI=1S/C34H36N4O6S/c1-2-42-31(40)20-38-33(41)37-19-24-5-3-6-28(17-24)25-11-13-27(14-12-25)32-43-29(22-45-34-35-15-4-16-36-34)18-30(44-32)26-9-7-23(21-39)8-10-26/h3-17,29-30,32,39H,2,18-22H2,1H3,(H2,37,38,41). The van der Waals surface area contributed by atoms with Gasteiger partial charge in [-0.1, -0.05) is 78.5 Å². The van der Waals surface area contributed by atoms with Gasteiger partial charge in [0.05, 0.1) is 25.4 Å².